The first-order valence-corrected chi connectivity index (χ1v) is 4.89. The van der Waals surface area contributed by atoms with Crippen molar-refractivity contribution in [2.24, 2.45) is 0 Å². The minimum absolute atomic E-state index is 0.135. The van der Waals surface area contributed by atoms with Crippen molar-refractivity contribution in [1.82, 2.24) is 0 Å². The summed E-state index contributed by atoms with van der Waals surface area (Å²) in [6.45, 7) is 2.22. The van der Waals surface area contributed by atoms with Crippen molar-refractivity contribution < 1.29 is 13.2 Å². The number of halogens is 2. The van der Waals surface area contributed by atoms with Gasteiger partial charge in [-0.25, -0.2) is 8.78 Å². The van der Waals surface area contributed by atoms with Gasteiger partial charge in [-0.1, -0.05) is 6.07 Å². The van der Waals surface area contributed by atoms with Crippen molar-refractivity contribution in [1.29, 1.82) is 0 Å². The molecule has 0 spiro atoms. The molecule has 0 saturated carbocycles. The zero-order valence-corrected chi connectivity index (χ0v) is 8.76. The fourth-order valence-electron chi connectivity index (χ4n) is 1.40. The minimum atomic E-state index is -0.869. The molecule has 0 saturated heterocycles. The molecule has 1 N–H and O–H groups in total. The van der Waals surface area contributed by atoms with E-state index in [-0.39, 0.29) is 5.69 Å². The van der Waals surface area contributed by atoms with Crippen LogP contribution in [-0.4, -0.2) is 0 Å². The number of hydrogen-bond acceptors (Lipinski definition) is 2. The monoisotopic (exact) mass is 223 g/mol. The van der Waals surface area contributed by atoms with E-state index in [0.717, 1.165) is 11.6 Å². The van der Waals surface area contributed by atoms with Crippen molar-refractivity contribution in [3.8, 4) is 0 Å². The molecule has 2 aromatic rings. The maximum atomic E-state index is 13.3. The summed E-state index contributed by atoms with van der Waals surface area (Å²) in [4.78, 5) is 0. The molecule has 0 aliphatic carbocycles. The number of rotatable bonds is 3. The van der Waals surface area contributed by atoms with Crippen LogP contribution < -0.4 is 5.32 Å². The lowest BCUT2D eigenvalue weighted by molar-refractivity contribution is 0.504. The molecule has 0 radical (unpaired) electrons. The molecule has 1 aromatic heterocycles. The van der Waals surface area contributed by atoms with Crippen molar-refractivity contribution >= 4 is 5.69 Å². The van der Waals surface area contributed by atoms with Gasteiger partial charge in [0.15, 0.2) is 11.6 Å². The van der Waals surface area contributed by atoms with Crippen LogP contribution in [0.2, 0.25) is 0 Å². The molecule has 0 unspecified atom stereocenters. The molecule has 4 heteroatoms. The third-order valence-corrected chi connectivity index (χ3v) is 2.36. The van der Waals surface area contributed by atoms with Gasteiger partial charge in [0.2, 0.25) is 0 Å². The lowest BCUT2D eigenvalue weighted by atomic mass is 10.2. The van der Waals surface area contributed by atoms with Crippen LogP contribution >= 0.6 is 0 Å². The van der Waals surface area contributed by atoms with Crippen molar-refractivity contribution in [2.45, 2.75) is 13.5 Å². The average Bonchev–Trinajstić information content (AvgIpc) is 2.67. The number of aryl methyl sites for hydroxylation is 1. The molecule has 0 atom stereocenters. The molecule has 1 aromatic carbocycles. The number of furan rings is 1. The number of hydrogen-bond donors (Lipinski definition) is 1. The van der Waals surface area contributed by atoms with E-state index < -0.39 is 11.6 Å². The average molecular weight is 223 g/mol. The Morgan fingerprint density at radius 3 is 2.75 bits per heavy atom. The highest BCUT2D eigenvalue weighted by atomic mass is 19.2. The van der Waals surface area contributed by atoms with Gasteiger partial charge in [0.1, 0.15) is 5.76 Å². The van der Waals surface area contributed by atoms with Crippen molar-refractivity contribution in [3.63, 3.8) is 0 Å². The van der Waals surface area contributed by atoms with Gasteiger partial charge in [-0.15, -0.1) is 0 Å². The fourth-order valence-corrected chi connectivity index (χ4v) is 1.40. The molecule has 2 nitrogen and oxygen atoms in total. The van der Waals surface area contributed by atoms with E-state index >= 15 is 0 Å². The molecular weight excluding hydrogens is 212 g/mol. The zero-order chi connectivity index (χ0) is 11.5. The molecule has 16 heavy (non-hydrogen) atoms. The highest BCUT2D eigenvalue weighted by Gasteiger charge is 2.08. The zero-order valence-electron chi connectivity index (χ0n) is 8.76. The molecule has 2 rings (SSSR count). The van der Waals surface area contributed by atoms with Crippen LogP contribution in [0.25, 0.3) is 0 Å². The van der Waals surface area contributed by atoms with E-state index in [4.69, 9.17) is 4.42 Å². The largest absolute Gasteiger partial charge is 0.467 e. The summed E-state index contributed by atoms with van der Waals surface area (Å²) >= 11 is 0. The third kappa shape index (κ3) is 2.05. The number of benzene rings is 1. The van der Waals surface area contributed by atoms with Crippen LogP contribution in [0.4, 0.5) is 14.5 Å². The molecule has 0 fully saturated rings. The predicted octanol–water partition coefficient (Wildman–Crippen LogP) is 3.48. The Kier molecular flexibility index (Phi) is 2.90. The van der Waals surface area contributed by atoms with E-state index in [1.807, 2.05) is 13.0 Å². The van der Waals surface area contributed by atoms with Gasteiger partial charge in [0.25, 0.3) is 0 Å². The fraction of sp³-hybridized carbons (Fsp3) is 0.167. The molecule has 0 amide bonds. The standard InChI is InChI=1S/C12H11F2NO/c1-8-5-6-16-11(8)7-15-10-4-2-3-9(13)12(10)14/h2-6,15H,7H2,1H3. The number of nitrogens with one attached hydrogen (secondary N) is 1. The predicted molar refractivity (Wildman–Crippen MR) is 57.1 cm³/mol. The summed E-state index contributed by atoms with van der Waals surface area (Å²) in [7, 11) is 0. The van der Waals surface area contributed by atoms with E-state index in [1.165, 1.54) is 12.1 Å². The van der Waals surface area contributed by atoms with Gasteiger partial charge in [-0.3, -0.25) is 0 Å². The summed E-state index contributed by atoms with van der Waals surface area (Å²) in [5.74, 6) is -1.02. The highest BCUT2D eigenvalue weighted by molar-refractivity contribution is 5.45. The van der Waals surface area contributed by atoms with Crippen LogP contribution in [0.5, 0.6) is 0 Å². The van der Waals surface area contributed by atoms with E-state index in [0.29, 0.717) is 12.3 Å². The summed E-state index contributed by atoms with van der Waals surface area (Å²) < 4.78 is 31.3. The molecule has 84 valence electrons. The first kappa shape index (κ1) is 10.7. The Balaban J connectivity index is 2.11. The molecule has 1 heterocycles. The Morgan fingerprint density at radius 2 is 2.06 bits per heavy atom. The summed E-state index contributed by atoms with van der Waals surface area (Å²) in [5.41, 5.74) is 1.11. The Labute approximate surface area is 91.9 Å². The molecular formula is C12H11F2NO. The van der Waals surface area contributed by atoms with Gasteiger partial charge < -0.3 is 9.73 Å². The maximum absolute atomic E-state index is 13.3. The lowest BCUT2D eigenvalue weighted by Crippen LogP contribution is -2.02. The second-order valence-electron chi connectivity index (χ2n) is 3.48. The second kappa shape index (κ2) is 4.35. The summed E-state index contributed by atoms with van der Waals surface area (Å²) in [5, 5.41) is 2.79. The van der Waals surface area contributed by atoms with Gasteiger partial charge in [0, 0.05) is 0 Å². The SMILES string of the molecule is Cc1ccoc1CNc1cccc(F)c1F. The molecule has 0 bridgehead atoms. The van der Waals surface area contributed by atoms with Crippen LogP contribution in [-0.2, 0) is 6.54 Å². The Bertz CT molecular complexity index is 494. The van der Waals surface area contributed by atoms with Crippen LogP contribution in [0, 0.1) is 18.6 Å². The Hall–Kier alpha value is -1.84. The Morgan fingerprint density at radius 1 is 1.25 bits per heavy atom. The topological polar surface area (TPSA) is 25.2 Å². The summed E-state index contributed by atoms with van der Waals surface area (Å²) in [6.07, 6.45) is 1.56. The maximum Gasteiger partial charge on any atom is 0.181 e. The first-order valence-electron chi connectivity index (χ1n) is 4.89. The minimum Gasteiger partial charge on any atom is -0.467 e. The molecule has 0 aliphatic heterocycles. The summed E-state index contributed by atoms with van der Waals surface area (Å²) in [6, 6.07) is 5.84. The van der Waals surface area contributed by atoms with Crippen LogP contribution in [0.1, 0.15) is 11.3 Å². The van der Waals surface area contributed by atoms with Gasteiger partial charge in [-0.2, -0.15) is 0 Å². The smallest absolute Gasteiger partial charge is 0.181 e. The van der Waals surface area contributed by atoms with Gasteiger partial charge in [-0.05, 0) is 30.7 Å². The first-order chi connectivity index (χ1) is 7.68. The van der Waals surface area contributed by atoms with E-state index in [1.54, 1.807) is 6.26 Å². The third-order valence-electron chi connectivity index (χ3n) is 2.36. The number of anilines is 1. The van der Waals surface area contributed by atoms with Gasteiger partial charge >= 0.3 is 0 Å². The van der Waals surface area contributed by atoms with Crippen molar-refractivity contribution in [3.05, 3.63) is 53.5 Å². The lowest BCUT2D eigenvalue weighted by Gasteiger charge is -2.06. The van der Waals surface area contributed by atoms with Crippen LogP contribution in [0.15, 0.2) is 34.9 Å². The quantitative estimate of drug-likeness (QED) is 0.861. The highest BCUT2D eigenvalue weighted by Crippen LogP contribution is 2.18. The normalized spacial score (nSPS) is 10.4. The van der Waals surface area contributed by atoms with Crippen molar-refractivity contribution in [2.75, 3.05) is 5.32 Å². The van der Waals surface area contributed by atoms with Gasteiger partial charge in [0.05, 0.1) is 18.5 Å². The van der Waals surface area contributed by atoms with E-state index in [9.17, 15) is 8.78 Å². The molecule has 0 aliphatic rings. The second-order valence-corrected chi connectivity index (χ2v) is 3.48. The van der Waals surface area contributed by atoms with E-state index in [2.05, 4.69) is 5.32 Å². The van der Waals surface area contributed by atoms with Crippen LogP contribution in [0.3, 0.4) is 0 Å².